The fraction of sp³-hybridized carbons (Fsp3) is 0.333. The summed E-state index contributed by atoms with van der Waals surface area (Å²) in [5.41, 5.74) is 3.64. The molecule has 0 fully saturated rings. The van der Waals surface area contributed by atoms with Gasteiger partial charge in [0.15, 0.2) is 0 Å². The van der Waals surface area contributed by atoms with Crippen LogP contribution in [0.1, 0.15) is 34.1 Å². The zero-order valence-corrected chi connectivity index (χ0v) is 16.7. The van der Waals surface area contributed by atoms with Gasteiger partial charge < -0.3 is 9.64 Å². The summed E-state index contributed by atoms with van der Waals surface area (Å²) in [6, 6.07) is 7.83. The molecule has 0 saturated heterocycles. The molecule has 0 radical (unpaired) electrons. The van der Waals surface area contributed by atoms with Gasteiger partial charge in [-0.1, -0.05) is 15.9 Å². The van der Waals surface area contributed by atoms with E-state index in [1.54, 1.807) is 6.20 Å². The molecule has 1 aromatic carbocycles. The maximum absolute atomic E-state index is 13.1. The molecule has 1 amide bonds. The number of alkyl halides is 1. The predicted octanol–water partition coefficient (Wildman–Crippen LogP) is 4.47. The van der Waals surface area contributed by atoms with Crippen molar-refractivity contribution in [2.75, 3.05) is 6.54 Å². The Hall–Kier alpha value is -1.40. The summed E-state index contributed by atoms with van der Waals surface area (Å²) in [5, 5.41) is 0.682. The summed E-state index contributed by atoms with van der Waals surface area (Å²) in [7, 11) is 0. The van der Waals surface area contributed by atoms with E-state index in [1.165, 1.54) is 0 Å². The van der Waals surface area contributed by atoms with Gasteiger partial charge in [-0.15, -0.1) is 0 Å². The standard InChI is InChI=1S/C18H18Br2N2O2/c1-11-3-4-21-14(5-11)10-22-9-12(2)24-17-15(18(22)23)6-13(8-19)7-16(17)20/h3-7,12H,8-10H2,1-2H3/t12-/m0/s1. The zero-order chi connectivity index (χ0) is 17.3. The van der Waals surface area contributed by atoms with Crippen LogP contribution in [0.15, 0.2) is 34.9 Å². The second kappa shape index (κ2) is 7.23. The number of hydrogen-bond acceptors (Lipinski definition) is 3. The average Bonchev–Trinajstić information content (AvgIpc) is 2.66. The van der Waals surface area contributed by atoms with Crippen LogP contribution in [0.25, 0.3) is 0 Å². The molecule has 4 nitrogen and oxygen atoms in total. The van der Waals surface area contributed by atoms with Crippen molar-refractivity contribution < 1.29 is 9.53 Å². The lowest BCUT2D eigenvalue weighted by molar-refractivity contribution is 0.0704. The van der Waals surface area contributed by atoms with Crippen molar-refractivity contribution in [3.8, 4) is 5.75 Å². The number of amides is 1. The minimum absolute atomic E-state index is 0.0267. The lowest BCUT2D eigenvalue weighted by Gasteiger charge is -2.22. The molecule has 24 heavy (non-hydrogen) atoms. The highest BCUT2D eigenvalue weighted by molar-refractivity contribution is 9.10. The van der Waals surface area contributed by atoms with Gasteiger partial charge in [0.25, 0.3) is 5.91 Å². The Morgan fingerprint density at radius 2 is 2.17 bits per heavy atom. The van der Waals surface area contributed by atoms with Gasteiger partial charge in [-0.3, -0.25) is 9.78 Å². The molecular formula is C18H18Br2N2O2. The molecule has 0 bridgehead atoms. The Balaban J connectivity index is 1.98. The summed E-state index contributed by atoms with van der Waals surface area (Å²) >= 11 is 6.98. The van der Waals surface area contributed by atoms with Crippen LogP contribution in [-0.2, 0) is 11.9 Å². The van der Waals surface area contributed by atoms with E-state index in [1.807, 2.05) is 43.0 Å². The Bertz CT molecular complexity index is 780. The molecule has 0 unspecified atom stereocenters. The third-order valence-electron chi connectivity index (χ3n) is 3.90. The maximum atomic E-state index is 13.1. The molecule has 6 heteroatoms. The van der Waals surface area contributed by atoms with Crippen molar-refractivity contribution in [2.24, 2.45) is 0 Å². The van der Waals surface area contributed by atoms with Gasteiger partial charge in [0.1, 0.15) is 11.9 Å². The monoisotopic (exact) mass is 452 g/mol. The normalized spacial score (nSPS) is 17.2. The number of fused-ring (bicyclic) bond motifs is 1. The van der Waals surface area contributed by atoms with E-state index in [4.69, 9.17) is 4.74 Å². The molecule has 0 spiro atoms. The summed E-state index contributed by atoms with van der Waals surface area (Å²) in [6.07, 6.45) is 1.69. The highest BCUT2D eigenvalue weighted by atomic mass is 79.9. The van der Waals surface area contributed by atoms with Gasteiger partial charge in [0, 0.05) is 11.5 Å². The average molecular weight is 454 g/mol. The number of hydrogen-bond donors (Lipinski definition) is 0. The van der Waals surface area contributed by atoms with Crippen LogP contribution < -0.4 is 4.74 Å². The number of aryl methyl sites for hydroxylation is 1. The van der Waals surface area contributed by atoms with Crippen molar-refractivity contribution in [3.63, 3.8) is 0 Å². The Kier molecular flexibility index (Phi) is 5.25. The van der Waals surface area contributed by atoms with Crippen LogP contribution in [0.2, 0.25) is 0 Å². The molecular weight excluding hydrogens is 436 g/mol. The van der Waals surface area contributed by atoms with E-state index in [9.17, 15) is 4.79 Å². The number of nitrogens with zero attached hydrogens (tertiary/aromatic N) is 2. The molecule has 1 atom stereocenters. The van der Waals surface area contributed by atoms with Crippen LogP contribution >= 0.6 is 31.9 Å². The largest absolute Gasteiger partial charge is 0.487 e. The third-order valence-corrected chi connectivity index (χ3v) is 5.13. The Labute approximate surface area is 158 Å². The maximum Gasteiger partial charge on any atom is 0.258 e. The molecule has 1 aliphatic rings. The van der Waals surface area contributed by atoms with Gasteiger partial charge in [0.2, 0.25) is 0 Å². The topological polar surface area (TPSA) is 42.4 Å². The molecule has 0 N–H and O–H groups in total. The van der Waals surface area contributed by atoms with Crippen molar-refractivity contribution in [1.29, 1.82) is 0 Å². The molecule has 126 valence electrons. The van der Waals surface area contributed by atoms with E-state index in [0.717, 1.165) is 21.3 Å². The van der Waals surface area contributed by atoms with E-state index >= 15 is 0 Å². The highest BCUT2D eigenvalue weighted by Gasteiger charge is 2.29. The van der Waals surface area contributed by atoms with Crippen molar-refractivity contribution in [1.82, 2.24) is 9.88 Å². The first kappa shape index (κ1) is 17.4. The second-order valence-corrected chi connectivity index (χ2v) is 7.44. The Morgan fingerprint density at radius 3 is 2.88 bits per heavy atom. The summed E-state index contributed by atoms with van der Waals surface area (Å²) in [4.78, 5) is 19.3. The molecule has 0 aliphatic carbocycles. The predicted molar refractivity (Wildman–Crippen MR) is 101 cm³/mol. The fourth-order valence-corrected chi connectivity index (χ4v) is 3.75. The minimum Gasteiger partial charge on any atom is -0.487 e. The summed E-state index contributed by atoms with van der Waals surface area (Å²) in [6.45, 7) is 5.00. The van der Waals surface area contributed by atoms with Crippen LogP contribution in [0.5, 0.6) is 5.75 Å². The number of pyridine rings is 1. The van der Waals surface area contributed by atoms with Gasteiger partial charge in [-0.2, -0.15) is 0 Å². The Morgan fingerprint density at radius 1 is 1.38 bits per heavy atom. The molecule has 1 aromatic heterocycles. The first-order valence-corrected chi connectivity index (χ1v) is 9.65. The minimum atomic E-state index is -0.0915. The number of carbonyl (C=O) groups excluding carboxylic acids is 1. The summed E-state index contributed by atoms with van der Waals surface area (Å²) in [5.74, 6) is 0.595. The van der Waals surface area contributed by atoms with E-state index in [2.05, 4.69) is 36.8 Å². The van der Waals surface area contributed by atoms with Crippen molar-refractivity contribution in [3.05, 3.63) is 57.3 Å². The number of rotatable bonds is 3. The lowest BCUT2D eigenvalue weighted by Crippen LogP contribution is -2.35. The fourth-order valence-electron chi connectivity index (χ4n) is 2.82. The quantitative estimate of drug-likeness (QED) is 0.644. The summed E-state index contributed by atoms with van der Waals surface area (Å²) < 4.78 is 6.81. The number of ether oxygens (including phenoxy) is 1. The highest BCUT2D eigenvalue weighted by Crippen LogP contribution is 2.35. The van der Waals surface area contributed by atoms with Gasteiger partial charge >= 0.3 is 0 Å². The van der Waals surface area contributed by atoms with Gasteiger partial charge in [-0.25, -0.2) is 0 Å². The van der Waals surface area contributed by atoms with Gasteiger partial charge in [0.05, 0.1) is 28.8 Å². The van der Waals surface area contributed by atoms with Crippen LogP contribution in [0.3, 0.4) is 0 Å². The first-order chi connectivity index (χ1) is 11.5. The first-order valence-electron chi connectivity index (χ1n) is 7.73. The smallest absolute Gasteiger partial charge is 0.258 e. The number of carbonyl (C=O) groups is 1. The lowest BCUT2D eigenvalue weighted by atomic mass is 10.1. The molecule has 2 aromatic rings. The number of benzene rings is 1. The van der Waals surface area contributed by atoms with E-state index in [0.29, 0.717) is 29.7 Å². The van der Waals surface area contributed by atoms with Crippen molar-refractivity contribution in [2.45, 2.75) is 31.8 Å². The number of halogens is 2. The van der Waals surface area contributed by atoms with Crippen molar-refractivity contribution >= 4 is 37.8 Å². The molecule has 0 saturated carbocycles. The molecule has 2 heterocycles. The molecule has 3 rings (SSSR count). The van der Waals surface area contributed by atoms with Crippen LogP contribution in [-0.4, -0.2) is 28.4 Å². The molecule has 1 aliphatic heterocycles. The third kappa shape index (κ3) is 3.64. The zero-order valence-electron chi connectivity index (χ0n) is 13.6. The van der Waals surface area contributed by atoms with Crippen LogP contribution in [0.4, 0.5) is 0 Å². The van der Waals surface area contributed by atoms with E-state index in [-0.39, 0.29) is 12.0 Å². The number of aromatic nitrogens is 1. The van der Waals surface area contributed by atoms with Gasteiger partial charge in [-0.05, 0) is 65.2 Å². The SMILES string of the molecule is Cc1ccnc(CN2C[C@H](C)Oc3c(Br)cc(CBr)cc3C2=O)c1. The van der Waals surface area contributed by atoms with Crippen LogP contribution in [0, 0.1) is 6.92 Å². The van der Waals surface area contributed by atoms with E-state index < -0.39 is 0 Å². The second-order valence-electron chi connectivity index (χ2n) is 6.03.